The summed E-state index contributed by atoms with van der Waals surface area (Å²) in [4.78, 5) is 4.55. The molecular weight excluding hydrogens is 280 g/mol. The Morgan fingerprint density at radius 2 is 1.48 bits per heavy atom. The number of benzene rings is 2. The largest absolute Gasteiger partial charge is 0.368 e. The van der Waals surface area contributed by atoms with Gasteiger partial charge >= 0.3 is 0 Å². The van der Waals surface area contributed by atoms with E-state index in [-0.39, 0.29) is 0 Å². The molecule has 0 radical (unpaired) electrons. The molecule has 0 amide bonds. The zero-order chi connectivity index (χ0) is 15.9. The minimum Gasteiger partial charge on any atom is -0.368 e. The van der Waals surface area contributed by atoms with Crippen molar-refractivity contribution in [3.8, 4) is 23.8 Å². The maximum absolute atomic E-state index is 3.16. The van der Waals surface area contributed by atoms with Crippen molar-refractivity contribution in [2.24, 2.45) is 0 Å². The number of hydrogen-bond donors (Lipinski definition) is 0. The van der Waals surface area contributed by atoms with Gasteiger partial charge in [-0.3, -0.25) is 0 Å². The first-order valence-corrected chi connectivity index (χ1v) is 7.94. The van der Waals surface area contributed by atoms with E-state index in [0.717, 1.165) is 31.7 Å². The molecule has 2 heteroatoms. The van der Waals surface area contributed by atoms with Crippen molar-refractivity contribution in [1.82, 2.24) is 4.90 Å². The molecule has 0 aliphatic carbocycles. The van der Waals surface area contributed by atoms with Gasteiger partial charge in [0, 0.05) is 49.4 Å². The van der Waals surface area contributed by atoms with Crippen LogP contribution in [0.1, 0.15) is 11.1 Å². The first kappa shape index (κ1) is 15.1. The van der Waals surface area contributed by atoms with Gasteiger partial charge in [-0.2, -0.15) is 0 Å². The van der Waals surface area contributed by atoms with Crippen LogP contribution in [0, 0.1) is 30.7 Å². The van der Waals surface area contributed by atoms with Crippen LogP contribution in [-0.4, -0.2) is 31.1 Å². The Kier molecular flexibility index (Phi) is 4.87. The third kappa shape index (κ3) is 4.31. The molecule has 1 fully saturated rings. The van der Waals surface area contributed by atoms with Gasteiger partial charge in [0.05, 0.1) is 0 Å². The SMILES string of the molecule is Cc1ccc(C#CC#CN2CCN(c3ccccc3)CC2)cc1. The van der Waals surface area contributed by atoms with E-state index >= 15 is 0 Å². The summed E-state index contributed by atoms with van der Waals surface area (Å²) in [6, 6.07) is 21.9. The smallest absolute Gasteiger partial charge is 0.0437 e. The van der Waals surface area contributed by atoms with Crippen molar-refractivity contribution in [2.45, 2.75) is 6.92 Å². The topological polar surface area (TPSA) is 6.48 Å². The molecule has 114 valence electrons. The van der Waals surface area contributed by atoms with Crippen LogP contribution in [0.25, 0.3) is 0 Å². The van der Waals surface area contributed by atoms with Crippen LogP contribution in [0.4, 0.5) is 5.69 Å². The van der Waals surface area contributed by atoms with Gasteiger partial charge in [0.1, 0.15) is 0 Å². The van der Waals surface area contributed by atoms with Crippen molar-refractivity contribution >= 4 is 5.69 Å². The molecule has 23 heavy (non-hydrogen) atoms. The Bertz CT molecular complexity index is 747. The average molecular weight is 300 g/mol. The van der Waals surface area contributed by atoms with E-state index in [4.69, 9.17) is 0 Å². The summed E-state index contributed by atoms with van der Waals surface area (Å²) in [7, 11) is 0. The summed E-state index contributed by atoms with van der Waals surface area (Å²) >= 11 is 0. The van der Waals surface area contributed by atoms with Crippen LogP contribution < -0.4 is 4.90 Å². The van der Waals surface area contributed by atoms with E-state index in [1.54, 1.807) is 0 Å². The van der Waals surface area contributed by atoms with Crippen LogP contribution in [0.5, 0.6) is 0 Å². The third-order valence-corrected chi connectivity index (χ3v) is 3.94. The number of piperazine rings is 1. The van der Waals surface area contributed by atoms with Gasteiger partial charge < -0.3 is 9.80 Å². The number of rotatable bonds is 1. The van der Waals surface area contributed by atoms with E-state index in [2.05, 4.69) is 83.0 Å². The predicted molar refractivity (Wildman–Crippen MR) is 96.1 cm³/mol. The summed E-state index contributed by atoms with van der Waals surface area (Å²) in [5, 5.41) is 0. The van der Waals surface area contributed by atoms with Gasteiger partial charge in [0.15, 0.2) is 0 Å². The van der Waals surface area contributed by atoms with Gasteiger partial charge in [-0.15, -0.1) is 0 Å². The second-order valence-corrected chi connectivity index (χ2v) is 5.66. The highest BCUT2D eigenvalue weighted by Crippen LogP contribution is 2.14. The fraction of sp³-hybridized carbons (Fsp3) is 0.238. The third-order valence-electron chi connectivity index (χ3n) is 3.94. The molecule has 2 aromatic rings. The maximum Gasteiger partial charge on any atom is 0.0437 e. The van der Waals surface area contributed by atoms with Crippen molar-refractivity contribution in [3.63, 3.8) is 0 Å². The second-order valence-electron chi connectivity index (χ2n) is 5.66. The van der Waals surface area contributed by atoms with Crippen molar-refractivity contribution < 1.29 is 0 Å². The molecule has 1 aliphatic rings. The predicted octanol–water partition coefficient (Wildman–Crippen LogP) is 3.13. The molecule has 0 N–H and O–H groups in total. The minimum atomic E-state index is 0.952. The fourth-order valence-electron chi connectivity index (χ4n) is 2.56. The number of nitrogens with zero attached hydrogens (tertiary/aromatic N) is 2. The molecule has 1 aliphatic heterocycles. The number of aryl methyl sites for hydroxylation is 1. The highest BCUT2D eigenvalue weighted by molar-refractivity contribution is 5.46. The molecular formula is C21H20N2. The van der Waals surface area contributed by atoms with Crippen LogP contribution in [-0.2, 0) is 0 Å². The lowest BCUT2D eigenvalue weighted by atomic mass is 10.2. The van der Waals surface area contributed by atoms with Gasteiger partial charge in [0.25, 0.3) is 0 Å². The zero-order valence-corrected chi connectivity index (χ0v) is 13.4. The Morgan fingerprint density at radius 3 is 2.17 bits per heavy atom. The van der Waals surface area contributed by atoms with Crippen molar-refractivity contribution in [3.05, 3.63) is 65.7 Å². The van der Waals surface area contributed by atoms with E-state index in [0.29, 0.717) is 0 Å². The van der Waals surface area contributed by atoms with Gasteiger partial charge in [-0.05, 0) is 37.1 Å². The lowest BCUT2D eigenvalue weighted by Crippen LogP contribution is -2.44. The standard InChI is InChI=1S/C21H20N2/c1-19-10-12-20(13-11-19)7-5-6-14-22-15-17-23(18-16-22)21-8-3-2-4-9-21/h2-4,8-13H,15-18H2,1H3. The summed E-state index contributed by atoms with van der Waals surface area (Å²) in [6.07, 6.45) is 0. The lowest BCUT2D eigenvalue weighted by Gasteiger charge is -2.34. The van der Waals surface area contributed by atoms with Crippen molar-refractivity contribution in [1.29, 1.82) is 0 Å². The maximum atomic E-state index is 3.16. The average Bonchev–Trinajstić information content (AvgIpc) is 2.62. The Hall–Kier alpha value is -2.84. The molecule has 0 bridgehead atoms. The van der Waals surface area contributed by atoms with E-state index in [1.807, 2.05) is 12.1 Å². The highest BCUT2D eigenvalue weighted by atomic mass is 15.2. The quantitative estimate of drug-likeness (QED) is 0.747. The molecule has 0 saturated carbocycles. The summed E-state index contributed by atoms with van der Waals surface area (Å²) < 4.78 is 0. The molecule has 1 saturated heterocycles. The molecule has 2 aromatic carbocycles. The van der Waals surface area contributed by atoms with Crippen LogP contribution in [0.2, 0.25) is 0 Å². The molecule has 0 spiro atoms. The molecule has 0 atom stereocenters. The monoisotopic (exact) mass is 300 g/mol. The number of anilines is 1. The fourth-order valence-corrected chi connectivity index (χ4v) is 2.56. The minimum absolute atomic E-state index is 0.952. The first-order chi connectivity index (χ1) is 11.3. The summed E-state index contributed by atoms with van der Waals surface area (Å²) in [5.74, 6) is 9.00. The molecule has 0 unspecified atom stereocenters. The molecule has 3 rings (SSSR count). The lowest BCUT2D eigenvalue weighted by molar-refractivity contribution is 0.368. The summed E-state index contributed by atoms with van der Waals surface area (Å²) in [6.45, 7) is 5.99. The van der Waals surface area contributed by atoms with Crippen LogP contribution >= 0.6 is 0 Å². The van der Waals surface area contributed by atoms with Gasteiger partial charge in [0.2, 0.25) is 0 Å². The van der Waals surface area contributed by atoms with Crippen LogP contribution in [0.15, 0.2) is 54.6 Å². The van der Waals surface area contributed by atoms with Gasteiger partial charge in [-0.25, -0.2) is 0 Å². The van der Waals surface area contributed by atoms with E-state index < -0.39 is 0 Å². The normalized spacial score (nSPS) is 13.6. The van der Waals surface area contributed by atoms with Crippen LogP contribution in [0.3, 0.4) is 0 Å². The zero-order valence-electron chi connectivity index (χ0n) is 13.4. The van der Waals surface area contributed by atoms with E-state index in [1.165, 1.54) is 11.3 Å². The Balaban J connectivity index is 1.53. The summed E-state index contributed by atoms with van der Waals surface area (Å²) in [5.41, 5.74) is 3.55. The van der Waals surface area contributed by atoms with Gasteiger partial charge in [-0.1, -0.05) is 41.8 Å². The highest BCUT2D eigenvalue weighted by Gasteiger charge is 2.14. The molecule has 0 aromatic heterocycles. The molecule has 1 heterocycles. The number of hydrogen-bond acceptors (Lipinski definition) is 2. The number of para-hydroxylation sites is 1. The first-order valence-electron chi connectivity index (χ1n) is 7.94. The second kappa shape index (κ2) is 7.43. The van der Waals surface area contributed by atoms with E-state index in [9.17, 15) is 0 Å². The van der Waals surface area contributed by atoms with Crippen molar-refractivity contribution in [2.75, 3.05) is 31.1 Å². The Morgan fingerprint density at radius 1 is 0.783 bits per heavy atom. The molecule has 2 nitrogen and oxygen atoms in total. The Labute approximate surface area is 138 Å².